The number of rotatable bonds is 4. The number of anilines is 1. The number of carbonyl (C=O) groups excluding carboxylic acids is 2. The molecule has 1 atom stereocenters. The lowest BCUT2D eigenvalue weighted by atomic mass is 10.1. The van der Waals surface area contributed by atoms with Gasteiger partial charge in [-0.15, -0.1) is 0 Å². The standard InChI is InChI=1S/C21H22N2O3/c24-20-15-19(22-13-5-2-6-14-22)21(25)23(20)16-9-11-18(12-10-16)26-17-7-3-1-4-8-17/h1,3-4,7-12,19H,2,5-6,13-15H2/p+1/t19-/m0/s1. The van der Waals surface area contributed by atoms with Crippen LogP contribution in [-0.4, -0.2) is 30.9 Å². The van der Waals surface area contributed by atoms with Gasteiger partial charge in [-0.2, -0.15) is 0 Å². The van der Waals surface area contributed by atoms with Crippen LogP contribution in [0.15, 0.2) is 54.6 Å². The van der Waals surface area contributed by atoms with Gasteiger partial charge in [-0.3, -0.25) is 9.59 Å². The maximum Gasteiger partial charge on any atom is 0.292 e. The summed E-state index contributed by atoms with van der Waals surface area (Å²) < 4.78 is 5.77. The summed E-state index contributed by atoms with van der Waals surface area (Å²) in [6, 6.07) is 16.4. The van der Waals surface area contributed by atoms with E-state index in [9.17, 15) is 9.59 Å². The molecule has 26 heavy (non-hydrogen) atoms. The Hall–Kier alpha value is -2.66. The Labute approximate surface area is 153 Å². The topological polar surface area (TPSA) is 51.0 Å². The van der Waals surface area contributed by atoms with Crippen molar-refractivity contribution in [2.75, 3.05) is 18.0 Å². The molecule has 4 rings (SSSR count). The van der Waals surface area contributed by atoms with Crippen LogP contribution in [-0.2, 0) is 9.59 Å². The molecule has 0 saturated carbocycles. The zero-order valence-corrected chi connectivity index (χ0v) is 14.7. The Morgan fingerprint density at radius 1 is 0.846 bits per heavy atom. The first-order valence-electron chi connectivity index (χ1n) is 9.27. The zero-order valence-electron chi connectivity index (χ0n) is 14.7. The van der Waals surface area contributed by atoms with E-state index in [4.69, 9.17) is 4.74 Å². The number of quaternary nitrogens is 1. The van der Waals surface area contributed by atoms with Gasteiger partial charge in [-0.25, -0.2) is 4.90 Å². The summed E-state index contributed by atoms with van der Waals surface area (Å²) in [6.45, 7) is 1.97. The zero-order chi connectivity index (χ0) is 17.9. The highest BCUT2D eigenvalue weighted by atomic mass is 16.5. The van der Waals surface area contributed by atoms with Gasteiger partial charge in [0.15, 0.2) is 6.04 Å². The molecule has 5 heteroatoms. The third-order valence-corrected chi connectivity index (χ3v) is 5.21. The molecule has 2 saturated heterocycles. The number of imide groups is 1. The van der Waals surface area contributed by atoms with Gasteiger partial charge in [0.25, 0.3) is 5.91 Å². The second-order valence-electron chi connectivity index (χ2n) is 6.95. The lowest BCUT2D eigenvalue weighted by molar-refractivity contribution is -0.919. The van der Waals surface area contributed by atoms with Gasteiger partial charge in [-0.1, -0.05) is 18.2 Å². The van der Waals surface area contributed by atoms with E-state index in [1.165, 1.54) is 16.2 Å². The molecule has 0 unspecified atom stereocenters. The van der Waals surface area contributed by atoms with Gasteiger partial charge in [0.05, 0.1) is 25.2 Å². The number of nitrogens with one attached hydrogen (secondary N) is 1. The van der Waals surface area contributed by atoms with Gasteiger partial charge in [-0.05, 0) is 55.7 Å². The first-order chi connectivity index (χ1) is 12.7. The van der Waals surface area contributed by atoms with Crippen LogP contribution < -0.4 is 14.5 Å². The molecule has 2 aliphatic heterocycles. The Morgan fingerprint density at radius 2 is 1.50 bits per heavy atom. The highest BCUT2D eigenvalue weighted by Crippen LogP contribution is 2.27. The van der Waals surface area contributed by atoms with Crippen molar-refractivity contribution >= 4 is 17.5 Å². The van der Waals surface area contributed by atoms with Gasteiger partial charge < -0.3 is 9.64 Å². The van der Waals surface area contributed by atoms with E-state index >= 15 is 0 Å². The van der Waals surface area contributed by atoms with Crippen LogP contribution in [0.5, 0.6) is 11.5 Å². The van der Waals surface area contributed by atoms with E-state index in [1.54, 1.807) is 24.3 Å². The lowest BCUT2D eigenvalue weighted by Crippen LogP contribution is -3.17. The molecule has 2 heterocycles. The fraction of sp³-hybridized carbons (Fsp3) is 0.333. The summed E-state index contributed by atoms with van der Waals surface area (Å²) in [7, 11) is 0. The first kappa shape index (κ1) is 16.8. The molecular formula is C21H23N2O3+. The Bertz CT molecular complexity index is 783. The van der Waals surface area contributed by atoms with Crippen molar-refractivity contribution in [2.24, 2.45) is 0 Å². The van der Waals surface area contributed by atoms with Crippen molar-refractivity contribution in [3.63, 3.8) is 0 Å². The van der Waals surface area contributed by atoms with E-state index in [2.05, 4.69) is 0 Å². The highest BCUT2D eigenvalue weighted by Gasteiger charge is 2.45. The third-order valence-electron chi connectivity index (χ3n) is 5.21. The molecule has 5 nitrogen and oxygen atoms in total. The second-order valence-corrected chi connectivity index (χ2v) is 6.95. The number of amides is 2. The normalized spacial score (nSPS) is 21.2. The van der Waals surface area contributed by atoms with Crippen molar-refractivity contribution < 1.29 is 19.2 Å². The summed E-state index contributed by atoms with van der Waals surface area (Å²) in [6.07, 6.45) is 3.82. The van der Waals surface area contributed by atoms with Crippen LogP contribution >= 0.6 is 0 Å². The summed E-state index contributed by atoms with van der Waals surface area (Å²) in [5.74, 6) is 1.26. The summed E-state index contributed by atoms with van der Waals surface area (Å²) >= 11 is 0. The van der Waals surface area contributed by atoms with Gasteiger partial charge in [0.2, 0.25) is 5.91 Å². The molecule has 2 fully saturated rings. The number of benzene rings is 2. The minimum atomic E-state index is -0.219. The molecular weight excluding hydrogens is 328 g/mol. The summed E-state index contributed by atoms with van der Waals surface area (Å²) in [4.78, 5) is 27.9. The van der Waals surface area contributed by atoms with Gasteiger partial charge in [0.1, 0.15) is 11.5 Å². The molecule has 0 aliphatic carbocycles. The first-order valence-corrected chi connectivity index (χ1v) is 9.27. The SMILES string of the molecule is O=C1C[C@H]([NH+]2CCCCC2)C(=O)N1c1ccc(Oc2ccccc2)cc1. The van der Waals surface area contributed by atoms with Crippen LogP contribution in [0.3, 0.4) is 0 Å². The fourth-order valence-electron chi connectivity index (χ4n) is 3.86. The van der Waals surface area contributed by atoms with Crippen molar-refractivity contribution in [3.05, 3.63) is 54.6 Å². The number of para-hydroxylation sites is 1. The van der Waals surface area contributed by atoms with E-state index in [-0.39, 0.29) is 17.9 Å². The number of carbonyl (C=O) groups is 2. The lowest BCUT2D eigenvalue weighted by Gasteiger charge is -2.27. The molecule has 0 radical (unpaired) electrons. The summed E-state index contributed by atoms with van der Waals surface area (Å²) in [5.41, 5.74) is 0.624. The van der Waals surface area contributed by atoms with E-state index in [0.717, 1.165) is 31.7 Å². The van der Waals surface area contributed by atoms with Crippen LogP contribution in [0.4, 0.5) is 5.69 Å². The Morgan fingerprint density at radius 3 is 2.19 bits per heavy atom. The van der Waals surface area contributed by atoms with Gasteiger partial charge >= 0.3 is 0 Å². The molecule has 0 bridgehead atoms. The predicted octanol–water partition coefficient (Wildman–Crippen LogP) is 2.18. The highest BCUT2D eigenvalue weighted by molar-refractivity contribution is 6.21. The number of hydrogen-bond acceptors (Lipinski definition) is 3. The average molecular weight is 351 g/mol. The molecule has 2 amide bonds. The third kappa shape index (κ3) is 3.35. The van der Waals surface area contributed by atoms with Crippen molar-refractivity contribution in [1.82, 2.24) is 0 Å². The number of likely N-dealkylation sites (tertiary alicyclic amines) is 1. The Balaban J connectivity index is 1.48. The molecule has 2 aromatic rings. The Kier molecular flexibility index (Phi) is 4.71. The minimum absolute atomic E-state index is 0.0661. The van der Waals surface area contributed by atoms with Crippen molar-refractivity contribution in [1.29, 1.82) is 0 Å². The molecule has 0 spiro atoms. The van der Waals surface area contributed by atoms with Crippen LogP contribution in [0.2, 0.25) is 0 Å². The predicted molar refractivity (Wildman–Crippen MR) is 98.4 cm³/mol. The molecule has 134 valence electrons. The van der Waals surface area contributed by atoms with Crippen LogP contribution in [0.25, 0.3) is 0 Å². The van der Waals surface area contributed by atoms with Crippen molar-refractivity contribution in [2.45, 2.75) is 31.7 Å². The van der Waals surface area contributed by atoms with E-state index in [0.29, 0.717) is 17.9 Å². The quantitative estimate of drug-likeness (QED) is 0.859. The number of nitrogens with zero attached hydrogens (tertiary/aromatic N) is 1. The average Bonchev–Trinajstić information content (AvgIpc) is 2.98. The van der Waals surface area contributed by atoms with Gasteiger partial charge in [0, 0.05) is 0 Å². The van der Waals surface area contributed by atoms with Crippen LogP contribution in [0, 0.1) is 0 Å². The van der Waals surface area contributed by atoms with Crippen LogP contribution in [0.1, 0.15) is 25.7 Å². The maximum atomic E-state index is 12.8. The van der Waals surface area contributed by atoms with Crippen molar-refractivity contribution in [3.8, 4) is 11.5 Å². The number of piperidine rings is 1. The molecule has 2 aliphatic rings. The summed E-state index contributed by atoms with van der Waals surface area (Å²) in [5, 5.41) is 0. The molecule has 1 N–H and O–H groups in total. The number of ether oxygens (including phenoxy) is 1. The monoisotopic (exact) mass is 351 g/mol. The number of hydrogen-bond donors (Lipinski definition) is 1. The molecule has 2 aromatic carbocycles. The smallest absolute Gasteiger partial charge is 0.292 e. The maximum absolute atomic E-state index is 12.8. The van der Waals surface area contributed by atoms with E-state index < -0.39 is 0 Å². The largest absolute Gasteiger partial charge is 0.457 e. The fourth-order valence-corrected chi connectivity index (χ4v) is 3.86. The minimum Gasteiger partial charge on any atom is -0.457 e. The second kappa shape index (κ2) is 7.30. The molecule has 0 aromatic heterocycles. The van der Waals surface area contributed by atoms with E-state index in [1.807, 2.05) is 30.3 Å².